The van der Waals surface area contributed by atoms with Crippen molar-refractivity contribution in [2.75, 3.05) is 0 Å². The fraction of sp³-hybridized carbons (Fsp3) is 0.800. The monoisotopic (exact) mass is 126 g/mol. The zero-order chi connectivity index (χ0) is 6.69. The van der Waals surface area contributed by atoms with Crippen LogP contribution < -0.4 is 0 Å². The van der Waals surface area contributed by atoms with Crippen molar-refractivity contribution >= 4 is 0 Å². The molecule has 0 aliphatic heterocycles. The third-order valence-corrected chi connectivity index (χ3v) is 1.41. The fourth-order valence-electron chi connectivity index (χ4n) is 0.557. The second kappa shape index (κ2) is 2.57. The van der Waals surface area contributed by atoms with Gasteiger partial charge in [-0.3, -0.25) is 0 Å². The first kappa shape index (κ1) is 6.19. The van der Waals surface area contributed by atoms with Gasteiger partial charge in [-0.25, -0.2) is 4.68 Å². The van der Waals surface area contributed by atoms with Gasteiger partial charge in [0.15, 0.2) is 0 Å². The van der Waals surface area contributed by atoms with E-state index in [0.717, 1.165) is 6.42 Å². The molecule has 9 heavy (non-hydrogen) atoms. The lowest BCUT2D eigenvalue weighted by Crippen LogP contribution is -2.03. The molecule has 0 bridgehead atoms. The van der Waals surface area contributed by atoms with Crippen LogP contribution in [0.1, 0.15) is 26.3 Å². The van der Waals surface area contributed by atoms with Gasteiger partial charge in [-0.2, -0.15) is 0 Å². The van der Waals surface area contributed by atoms with E-state index in [-0.39, 0.29) is 0 Å². The van der Waals surface area contributed by atoms with E-state index in [2.05, 4.69) is 29.4 Å². The zero-order valence-corrected chi connectivity index (χ0v) is 5.65. The number of nitrogens with zero attached hydrogens (tertiary/aromatic N) is 4. The summed E-state index contributed by atoms with van der Waals surface area (Å²) in [5.74, 6) is 0. The molecule has 1 rings (SSSR count). The Bertz CT molecular complexity index is 157. The highest BCUT2D eigenvalue weighted by Crippen LogP contribution is 2.04. The molecular weight excluding hydrogens is 116 g/mol. The topological polar surface area (TPSA) is 43.6 Å². The van der Waals surface area contributed by atoms with Crippen LogP contribution in [0.5, 0.6) is 0 Å². The number of aromatic nitrogens is 4. The lowest BCUT2D eigenvalue weighted by Gasteiger charge is -2.04. The molecular formula is C5H10N4. The lowest BCUT2D eigenvalue weighted by molar-refractivity contribution is 0.464. The predicted octanol–water partition coefficient (Wildman–Crippen LogP) is 0.644. The maximum absolute atomic E-state index is 3.74. The first-order chi connectivity index (χ1) is 4.34. The Balaban J connectivity index is 2.65. The van der Waals surface area contributed by atoms with Crippen LogP contribution in [0.4, 0.5) is 0 Å². The van der Waals surface area contributed by atoms with Crippen LogP contribution in [-0.4, -0.2) is 20.2 Å². The summed E-state index contributed by atoms with van der Waals surface area (Å²) in [6.45, 7) is 4.18. The van der Waals surface area contributed by atoms with E-state index in [9.17, 15) is 0 Å². The molecule has 0 amide bonds. The molecule has 0 saturated carbocycles. The SMILES string of the molecule is CCC(C)n1cnnn1. The van der Waals surface area contributed by atoms with Crippen molar-refractivity contribution in [3.05, 3.63) is 6.33 Å². The van der Waals surface area contributed by atoms with Crippen LogP contribution in [0, 0.1) is 0 Å². The minimum absolute atomic E-state index is 0.417. The fourth-order valence-corrected chi connectivity index (χ4v) is 0.557. The van der Waals surface area contributed by atoms with Crippen LogP contribution in [-0.2, 0) is 0 Å². The normalized spacial score (nSPS) is 13.6. The van der Waals surface area contributed by atoms with Gasteiger partial charge in [-0.05, 0) is 23.8 Å². The van der Waals surface area contributed by atoms with Gasteiger partial charge >= 0.3 is 0 Å². The van der Waals surface area contributed by atoms with Gasteiger partial charge in [0, 0.05) is 0 Å². The summed E-state index contributed by atoms with van der Waals surface area (Å²) in [4.78, 5) is 0. The second-order valence-corrected chi connectivity index (χ2v) is 2.05. The molecule has 1 heterocycles. The smallest absolute Gasteiger partial charge is 0.138 e. The Labute approximate surface area is 53.9 Å². The second-order valence-electron chi connectivity index (χ2n) is 2.05. The van der Waals surface area contributed by atoms with E-state index in [0.29, 0.717) is 6.04 Å². The van der Waals surface area contributed by atoms with Crippen LogP contribution in [0.15, 0.2) is 6.33 Å². The molecule has 1 atom stereocenters. The molecule has 0 saturated heterocycles. The third-order valence-electron chi connectivity index (χ3n) is 1.41. The molecule has 0 aliphatic rings. The lowest BCUT2D eigenvalue weighted by atomic mass is 10.3. The summed E-state index contributed by atoms with van der Waals surface area (Å²) >= 11 is 0. The average molecular weight is 126 g/mol. The van der Waals surface area contributed by atoms with Crippen molar-refractivity contribution in [2.45, 2.75) is 26.3 Å². The Hall–Kier alpha value is -0.930. The maximum atomic E-state index is 3.74. The van der Waals surface area contributed by atoms with Crippen molar-refractivity contribution in [3.8, 4) is 0 Å². The molecule has 0 N–H and O–H groups in total. The first-order valence-electron chi connectivity index (χ1n) is 3.07. The average Bonchev–Trinajstić information content (AvgIpc) is 2.37. The molecule has 4 heteroatoms. The van der Waals surface area contributed by atoms with Crippen LogP contribution in [0.3, 0.4) is 0 Å². The number of hydrogen-bond acceptors (Lipinski definition) is 3. The summed E-state index contributed by atoms with van der Waals surface area (Å²) < 4.78 is 1.75. The van der Waals surface area contributed by atoms with Gasteiger partial charge in [0.25, 0.3) is 0 Å². The quantitative estimate of drug-likeness (QED) is 0.584. The zero-order valence-electron chi connectivity index (χ0n) is 5.65. The van der Waals surface area contributed by atoms with Crippen LogP contribution in [0.2, 0.25) is 0 Å². The van der Waals surface area contributed by atoms with Crippen molar-refractivity contribution in [3.63, 3.8) is 0 Å². The number of hydrogen-bond donors (Lipinski definition) is 0. The van der Waals surface area contributed by atoms with E-state index in [1.165, 1.54) is 0 Å². The molecule has 1 unspecified atom stereocenters. The standard InChI is InChI=1S/C5H10N4/c1-3-5(2)9-4-6-7-8-9/h4-5H,3H2,1-2H3. The third kappa shape index (κ3) is 1.25. The molecule has 4 nitrogen and oxygen atoms in total. The molecule has 0 spiro atoms. The van der Waals surface area contributed by atoms with E-state index < -0.39 is 0 Å². The number of rotatable bonds is 2. The van der Waals surface area contributed by atoms with Crippen molar-refractivity contribution in [1.82, 2.24) is 20.2 Å². The van der Waals surface area contributed by atoms with E-state index >= 15 is 0 Å². The van der Waals surface area contributed by atoms with Gasteiger partial charge < -0.3 is 0 Å². The summed E-state index contributed by atoms with van der Waals surface area (Å²) in [6.07, 6.45) is 2.69. The Morgan fingerprint density at radius 3 is 2.89 bits per heavy atom. The molecule has 50 valence electrons. The van der Waals surface area contributed by atoms with E-state index in [4.69, 9.17) is 0 Å². The van der Waals surface area contributed by atoms with Gasteiger partial charge in [0.2, 0.25) is 0 Å². The van der Waals surface area contributed by atoms with Crippen molar-refractivity contribution in [1.29, 1.82) is 0 Å². The Morgan fingerprint density at radius 2 is 2.44 bits per heavy atom. The minimum atomic E-state index is 0.417. The van der Waals surface area contributed by atoms with Crippen LogP contribution in [0.25, 0.3) is 0 Å². The van der Waals surface area contributed by atoms with E-state index in [1.54, 1.807) is 11.0 Å². The summed E-state index contributed by atoms with van der Waals surface area (Å²) in [7, 11) is 0. The maximum Gasteiger partial charge on any atom is 0.138 e. The largest absolute Gasteiger partial charge is 0.230 e. The van der Waals surface area contributed by atoms with Crippen LogP contribution >= 0.6 is 0 Å². The molecule has 0 aliphatic carbocycles. The van der Waals surface area contributed by atoms with Crippen molar-refractivity contribution in [2.24, 2.45) is 0 Å². The molecule has 0 fully saturated rings. The summed E-state index contributed by atoms with van der Waals surface area (Å²) in [5, 5.41) is 10.8. The molecule has 1 aromatic heterocycles. The predicted molar refractivity (Wildman–Crippen MR) is 32.8 cm³/mol. The molecule has 1 aromatic rings. The van der Waals surface area contributed by atoms with Gasteiger partial charge in [0.1, 0.15) is 6.33 Å². The first-order valence-corrected chi connectivity index (χ1v) is 3.07. The van der Waals surface area contributed by atoms with Gasteiger partial charge in [0.05, 0.1) is 6.04 Å². The highest BCUT2D eigenvalue weighted by molar-refractivity contribution is 4.56. The molecule has 0 radical (unpaired) electrons. The van der Waals surface area contributed by atoms with Crippen molar-refractivity contribution < 1.29 is 0 Å². The highest BCUT2D eigenvalue weighted by Gasteiger charge is 1.99. The summed E-state index contributed by atoms with van der Waals surface area (Å²) in [6, 6.07) is 0.417. The van der Waals surface area contributed by atoms with E-state index in [1.807, 2.05) is 0 Å². The van der Waals surface area contributed by atoms with Gasteiger partial charge in [-0.1, -0.05) is 6.92 Å². The van der Waals surface area contributed by atoms with Gasteiger partial charge in [-0.15, -0.1) is 5.10 Å². The molecule has 0 aromatic carbocycles. The Morgan fingerprint density at radius 1 is 1.67 bits per heavy atom. The minimum Gasteiger partial charge on any atom is -0.230 e. The summed E-state index contributed by atoms with van der Waals surface area (Å²) in [5.41, 5.74) is 0. The Kier molecular flexibility index (Phi) is 1.77. The number of tetrazole rings is 1. The highest BCUT2D eigenvalue weighted by atomic mass is 15.5.